The highest BCUT2D eigenvalue weighted by molar-refractivity contribution is 5.87. The fourth-order valence-electron chi connectivity index (χ4n) is 0.787. The van der Waals surface area contributed by atoms with Crippen molar-refractivity contribution in [2.24, 2.45) is 0 Å². The smallest absolute Gasteiger partial charge is 0.354 e. The lowest BCUT2D eigenvalue weighted by atomic mass is 10.3. The van der Waals surface area contributed by atoms with Gasteiger partial charge in [0.15, 0.2) is 0 Å². The molecule has 1 unspecified atom stereocenters. The zero-order chi connectivity index (χ0) is 8.97. The van der Waals surface area contributed by atoms with Crippen LogP contribution in [0, 0.1) is 0 Å². The lowest BCUT2D eigenvalue weighted by Gasteiger charge is -2.08. The summed E-state index contributed by atoms with van der Waals surface area (Å²) in [5.74, 6) is -0.283. The zero-order valence-corrected chi connectivity index (χ0v) is 7.33. The molecular formula is C9H13NO2. The van der Waals surface area contributed by atoms with E-state index in [9.17, 15) is 4.79 Å². The first-order valence-corrected chi connectivity index (χ1v) is 4.08. The Morgan fingerprint density at radius 1 is 1.75 bits per heavy atom. The number of aromatic nitrogens is 1. The Balaban J connectivity index is 2.50. The summed E-state index contributed by atoms with van der Waals surface area (Å²) >= 11 is 0. The first kappa shape index (κ1) is 8.84. The SMILES string of the molecule is CCC(C)OC(=O)c1ccc[nH]1. The average Bonchev–Trinajstić information content (AvgIpc) is 2.56. The van der Waals surface area contributed by atoms with Gasteiger partial charge in [-0.15, -0.1) is 0 Å². The summed E-state index contributed by atoms with van der Waals surface area (Å²) in [6, 6.07) is 3.47. The van der Waals surface area contributed by atoms with Crippen molar-refractivity contribution in [2.45, 2.75) is 26.4 Å². The van der Waals surface area contributed by atoms with Crippen molar-refractivity contribution in [2.75, 3.05) is 0 Å². The largest absolute Gasteiger partial charge is 0.458 e. The van der Waals surface area contributed by atoms with Crippen molar-refractivity contribution in [3.05, 3.63) is 24.0 Å². The van der Waals surface area contributed by atoms with Crippen molar-refractivity contribution in [3.63, 3.8) is 0 Å². The standard InChI is InChI=1S/C9H13NO2/c1-3-7(2)12-9(11)8-5-4-6-10-8/h4-7,10H,3H2,1-2H3. The summed E-state index contributed by atoms with van der Waals surface area (Å²) in [7, 11) is 0. The molecule has 1 aromatic rings. The molecule has 12 heavy (non-hydrogen) atoms. The van der Waals surface area contributed by atoms with E-state index in [1.807, 2.05) is 13.8 Å². The van der Waals surface area contributed by atoms with E-state index in [4.69, 9.17) is 4.74 Å². The normalized spacial score (nSPS) is 12.5. The van der Waals surface area contributed by atoms with Gasteiger partial charge in [0.1, 0.15) is 5.69 Å². The molecule has 1 atom stereocenters. The maximum Gasteiger partial charge on any atom is 0.354 e. The Hall–Kier alpha value is -1.25. The topological polar surface area (TPSA) is 42.1 Å². The molecule has 1 N–H and O–H groups in total. The molecule has 0 aromatic carbocycles. The third-order valence-corrected chi connectivity index (χ3v) is 1.70. The van der Waals surface area contributed by atoms with Gasteiger partial charge >= 0.3 is 5.97 Å². The molecule has 0 saturated heterocycles. The van der Waals surface area contributed by atoms with E-state index < -0.39 is 0 Å². The molecule has 0 spiro atoms. The van der Waals surface area contributed by atoms with Crippen LogP contribution in [0.1, 0.15) is 30.8 Å². The molecule has 0 aliphatic heterocycles. The van der Waals surface area contributed by atoms with Gasteiger partial charge in [-0.2, -0.15) is 0 Å². The van der Waals surface area contributed by atoms with Crippen LogP contribution < -0.4 is 0 Å². The third kappa shape index (κ3) is 2.12. The second-order valence-electron chi connectivity index (χ2n) is 2.71. The van der Waals surface area contributed by atoms with E-state index in [0.717, 1.165) is 6.42 Å². The zero-order valence-electron chi connectivity index (χ0n) is 7.33. The first-order chi connectivity index (χ1) is 5.74. The van der Waals surface area contributed by atoms with Gasteiger partial charge in [0, 0.05) is 6.20 Å². The Kier molecular flexibility index (Phi) is 2.91. The molecule has 1 heterocycles. The van der Waals surface area contributed by atoms with Crippen LogP contribution in [0.5, 0.6) is 0 Å². The highest BCUT2D eigenvalue weighted by Gasteiger charge is 2.10. The summed E-state index contributed by atoms with van der Waals surface area (Å²) in [4.78, 5) is 14.0. The second kappa shape index (κ2) is 3.95. The first-order valence-electron chi connectivity index (χ1n) is 4.08. The van der Waals surface area contributed by atoms with Gasteiger partial charge in [0.05, 0.1) is 6.10 Å². The monoisotopic (exact) mass is 167 g/mol. The molecule has 0 aliphatic rings. The molecule has 66 valence electrons. The van der Waals surface area contributed by atoms with E-state index in [1.165, 1.54) is 0 Å². The van der Waals surface area contributed by atoms with Crippen LogP contribution in [-0.4, -0.2) is 17.1 Å². The number of hydrogen-bond acceptors (Lipinski definition) is 2. The number of H-pyrrole nitrogens is 1. The molecule has 0 amide bonds. The van der Waals surface area contributed by atoms with Gasteiger partial charge in [-0.1, -0.05) is 6.92 Å². The summed E-state index contributed by atoms with van der Waals surface area (Å²) in [6.07, 6.45) is 2.53. The minimum absolute atomic E-state index is 0.0131. The molecule has 3 heteroatoms. The number of carbonyl (C=O) groups is 1. The fourth-order valence-corrected chi connectivity index (χ4v) is 0.787. The fraction of sp³-hybridized carbons (Fsp3) is 0.444. The Morgan fingerprint density at radius 3 is 3.00 bits per heavy atom. The Bertz CT molecular complexity index is 241. The highest BCUT2D eigenvalue weighted by atomic mass is 16.5. The lowest BCUT2D eigenvalue weighted by Crippen LogP contribution is -2.14. The Morgan fingerprint density at radius 2 is 2.50 bits per heavy atom. The molecule has 0 radical (unpaired) electrons. The number of rotatable bonds is 3. The molecule has 1 aromatic heterocycles. The molecule has 0 aliphatic carbocycles. The average molecular weight is 167 g/mol. The van der Waals surface area contributed by atoms with Crippen LogP contribution in [0.15, 0.2) is 18.3 Å². The summed E-state index contributed by atoms with van der Waals surface area (Å²) < 4.78 is 5.07. The van der Waals surface area contributed by atoms with Gasteiger partial charge < -0.3 is 9.72 Å². The van der Waals surface area contributed by atoms with Crippen LogP contribution in [0.4, 0.5) is 0 Å². The van der Waals surface area contributed by atoms with Crippen molar-refractivity contribution in [1.82, 2.24) is 4.98 Å². The summed E-state index contributed by atoms with van der Waals surface area (Å²) in [5.41, 5.74) is 0.510. The van der Waals surface area contributed by atoms with Crippen molar-refractivity contribution >= 4 is 5.97 Å². The van der Waals surface area contributed by atoms with Crippen molar-refractivity contribution in [1.29, 1.82) is 0 Å². The van der Waals surface area contributed by atoms with Crippen LogP contribution in [0.25, 0.3) is 0 Å². The Labute approximate surface area is 71.7 Å². The van der Waals surface area contributed by atoms with E-state index in [1.54, 1.807) is 18.3 Å². The lowest BCUT2D eigenvalue weighted by molar-refractivity contribution is 0.0328. The van der Waals surface area contributed by atoms with E-state index in [2.05, 4.69) is 4.98 Å². The van der Waals surface area contributed by atoms with Crippen LogP contribution >= 0.6 is 0 Å². The van der Waals surface area contributed by atoms with Crippen LogP contribution in [0.3, 0.4) is 0 Å². The molecule has 0 fully saturated rings. The number of aromatic amines is 1. The summed E-state index contributed by atoms with van der Waals surface area (Å²) in [6.45, 7) is 3.85. The van der Waals surface area contributed by atoms with Crippen LogP contribution in [-0.2, 0) is 4.74 Å². The van der Waals surface area contributed by atoms with Crippen LogP contribution in [0.2, 0.25) is 0 Å². The third-order valence-electron chi connectivity index (χ3n) is 1.70. The predicted molar refractivity (Wildman–Crippen MR) is 46.0 cm³/mol. The van der Waals surface area contributed by atoms with Gasteiger partial charge in [0.2, 0.25) is 0 Å². The van der Waals surface area contributed by atoms with E-state index in [-0.39, 0.29) is 12.1 Å². The summed E-state index contributed by atoms with van der Waals surface area (Å²) in [5, 5.41) is 0. The number of hydrogen-bond donors (Lipinski definition) is 1. The van der Waals surface area contributed by atoms with Gasteiger partial charge in [-0.25, -0.2) is 4.79 Å². The van der Waals surface area contributed by atoms with E-state index >= 15 is 0 Å². The second-order valence-corrected chi connectivity index (χ2v) is 2.71. The minimum Gasteiger partial charge on any atom is -0.458 e. The quantitative estimate of drug-likeness (QED) is 0.699. The van der Waals surface area contributed by atoms with Gasteiger partial charge in [0.25, 0.3) is 0 Å². The molecular weight excluding hydrogens is 154 g/mol. The van der Waals surface area contributed by atoms with Crippen molar-refractivity contribution < 1.29 is 9.53 Å². The minimum atomic E-state index is -0.283. The van der Waals surface area contributed by atoms with Gasteiger partial charge in [-0.05, 0) is 25.5 Å². The maximum absolute atomic E-state index is 11.2. The predicted octanol–water partition coefficient (Wildman–Crippen LogP) is 1.97. The number of nitrogens with one attached hydrogen (secondary N) is 1. The molecule has 1 rings (SSSR count). The number of ether oxygens (including phenoxy) is 1. The number of carbonyl (C=O) groups excluding carboxylic acids is 1. The van der Waals surface area contributed by atoms with Gasteiger partial charge in [-0.3, -0.25) is 0 Å². The molecule has 0 bridgehead atoms. The highest BCUT2D eigenvalue weighted by Crippen LogP contribution is 2.02. The van der Waals surface area contributed by atoms with Crippen molar-refractivity contribution in [3.8, 4) is 0 Å². The molecule has 3 nitrogen and oxygen atoms in total. The number of esters is 1. The molecule has 0 saturated carbocycles. The van der Waals surface area contributed by atoms with E-state index in [0.29, 0.717) is 5.69 Å². The maximum atomic E-state index is 11.2.